The zero-order valence-corrected chi connectivity index (χ0v) is 15.6. The first kappa shape index (κ1) is 17.5. The lowest BCUT2D eigenvalue weighted by Gasteiger charge is -2.39. The third-order valence-corrected chi connectivity index (χ3v) is 5.82. The fourth-order valence-corrected chi connectivity index (χ4v) is 3.97. The maximum absolute atomic E-state index is 12.9. The summed E-state index contributed by atoms with van der Waals surface area (Å²) < 4.78 is 0. The Morgan fingerprint density at radius 1 is 0.962 bits per heavy atom. The van der Waals surface area contributed by atoms with Crippen LogP contribution in [0.15, 0.2) is 54.6 Å². The molecule has 0 unspecified atom stereocenters. The van der Waals surface area contributed by atoms with Crippen molar-refractivity contribution in [3.63, 3.8) is 0 Å². The van der Waals surface area contributed by atoms with Gasteiger partial charge in [0.1, 0.15) is 5.54 Å². The third kappa shape index (κ3) is 3.63. The summed E-state index contributed by atoms with van der Waals surface area (Å²) in [5.41, 5.74) is 1.71. The van der Waals surface area contributed by atoms with E-state index in [0.29, 0.717) is 10.7 Å². The number of benzene rings is 2. The van der Waals surface area contributed by atoms with Crippen LogP contribution in [-0.4, -0.2) is 47.4 Å². The molecule has 4 rings (SSSR count). The molecule has 0 atom stereocenters. The molecular formula is C21H24ClN3O. The molecule has 0 radical (unpaired) electrons. The van der Waals surface area contributed by atoms with E-state index in [9.17, 15) is 4.79 Å². The molecule has 1 aliphatic carbocycles. The SMILES string of the molecule is O=C(Nc1ccccc1Cl)C1(N2CCN(Cc3ccccc3)CC2)CC1. The van der Waals surface area contributed by atoms with Gasteiger partial charge in [-0.25, -0.2) is 0 Å². The number of nitrogens with one attached hydrogen (secondary N) is 1. The number of anilines is 1. The first-order chi connectivity index (χ1) is 12.7. The zero-order valence-electron chi connectivity index (χ0n) is 14.8. The number of hydrogen-bond acceptors (Lipinski definition) is 3. The van der Waals surface area contributed by atoms with Crippen LogP contribution in [0.5, 0.6) is 0 Å². The summed E-state index contributed by atoms with van der Waals surface area (Å²) in [4.78, 5) is 17.7. The summed E-state index contributed by atoms with van der Waals surface area (Å²) in [6.45, 7) is 4.84. The van der Waals surface area contributed by atoms with Crippen LogP contribution < -0.4 is 5.32 Å². The second-order valence-electron chi connectivity index (χ2n) is 7.21. The van der Waals surface area contributed by atoms with Crippen LogP contribution in [0.3, 0.4) is 0 Å². The highest BCUT2D eigenvalue weighted by molar-refractivity contribution is 6.33. The van der Waals surface area contributed by atoms with Crippen LogP contribution in [-0.2, 0) is 11.3 Å². The minimum Gasteiger partial charge on any atom is -0.323 e. The van der Waals surface area contributed by atoms with Crippen molar-refractivity contribution in [2.45, 2.75) is 24.9 Å². The lowest BCUT2D eigenvalue weighted by molar-refractivity contribution is -0.123. The minimum absolute atomic E-state index is 0.0853. The molecule has 1 heterocycles. The molecule has 5 heteroatoms. The minimum atomic E-state index is -0.335. The highest BCUT2D eigenvalue weighted by Crippen LogP contribution is 2.43. The number of amides is 1. The van der Waals surface area contributed by atoms with Gasteiger partial charge in [-0.3, -0.25) is 14.6 Å². The maximum atomic E-state index is 12.9. The number of carbonyl (C=O) groups is 1. The van der Waals surface area contributed by atoms with Gasteiger partial charge in [-0.05, 0) is 30.5 Å². The first-order valence-electron chi connectivity index (χ1n) is 9.25. The molecule has 2 fully saturated rings. The smallest absolute Gasteiger partial charge is 0.244 e. The van der Waals surface area contributed by atoms with E-state index in [1.54, 1.807) is 6.07 Å². The average Bonchev–Trinajstić information content (AvgIpc) is 3.47. The molecule has 0 bridgehead atoms. The Bertz CT molecular complexity index is 768. The van der Waals surface area contributed by atoms with E-state index in [1.165, 1.54) is 5.56 Å². The van der Waals surface area contributed by atoms with Crippen molar-refractivity contribution in [3.8, 4) is 0 Å². The van der Waals surface area contributed by atoms with Gasteiger partial charge in [0.2, 0.25) is 5.91 Å². The maximum Gasteiger partial charge on any atom is 0.244 e. The quantitative estimate of drug-likeness (QED) is 0.874. The molecule has 1 saturated carbocycles. The summed E-state index contributed by atoms with van der Waals surface area (Å²) in [6, 6.07) is 18.0. The molecule has 4 nitrogen and oxygen atoms in total. The van der Waals surface area contributed by atoms with E-state index in [1.807, 2.05) is 18.2 Å². The van der Waals surface area contributed by atoms with Gasteiger partial charge in [-0.1, -0.05) is 54.1 Å². The van der Waals surface area contributed by atoms with Gasteiger partial charge in [0.15, 0.2) is 0 Å². The second kappa shape index (κ2) is 7.39. The van der Waals surface area contributed by atoms with E-state index >= 15 is 0 Å². The Balaban J connectivity index is 1.35. The monoisotopic (exact) mass is 369 g/mol. The van der Waals surface area contributed by atoms with Gasteiger partial charge in [-0.2, -0.15) is 0 Å². The molecular weight excluding hydrogens is 346 g/mol. The number of piperazine rings is 1. The molecule has 136 valence electrons. The zero-order chi connectivity index (χ0) is 18.0. The van der Waals surface area contributed by atoms with E-state index in [4.69, 9.17) is 11.6 Å². The van der Waals surface area contributed by atoms with Crippen molar-refractivity contribution in [1.29, 1.82) is 0 Å². The van der Waals surface area contributed by atoms with Gasteiger partial charge < -0.3 is 5.32 Å². The van der Waals surface area contributed by atoms with E-state index < -0.39 is 0 Å². The van der Waals surface area contributed by atoms with Crippen LogP contribution in [0.25, 0.3) is 0 Å². The molecule has 1 amide bonds. The van der Waals surface area contributed by atoms with Crippen molar-refractivity contribution in [2.75, 3.05) is 31.5 Å². The summed E-state index contributed by atoms with van der Waals surface area (Å²) in [6.07, 6.45) is 1.87. The molecule has 26 heavy (non-hydrogen) atoms. The Hall–Kier alpha value is -1.88. The van der Waals surface area contributed by atoms with Crippen LogP contribution >= 0.6 is 11.6 Å². The molecule has 2 aromatic carbocycles. The fraction of sp³-hybridized carbons (Fsp3) is 0.381. The van der Waals surface area contributed by atoms with Gasteiger partial charge in [-0.15, -0.1) is 0 Å². The number of carbonyl (C=O) groups excluding carboxylic acids is 1. The van der Waals surface area contributed by atoms with Crippen molar-refractivity contribution in [3.05, 3.63) is 65.2 Å². The first-order valence-corrected chi connectivity index (χ1v) is 9.62. The van der Waals surface area contributed by atoms with E-state index in [-0.39, 0.29) is 11.4 Å². The summed E-state index contributed by atoms with van der Waals surface area (Å²) in [7, 11) is 0. The van der Waals surface area contributed by atoms with Crippen molar-refractivity contribution in [1.82, 2.24) is 9.80 Å². The predicted octanol–water partition coefficient (Wildman–Crippen LogP) is 3.63. The molecule has 1 saturated heterocycles. The summed E-state index contributed by atoms with van der Waals surface area (Å²) in [5.74, 6) is 0.0853. The fourth-order valence-electron chi connectivity index (χ4n) is 3.78. The second-order valence-corrected chi connectivity index (χ2v) is 7.62. The Labute approximate surface area is 159 Å². The van der Waals surface area contributed by atoms with E-state index in [0.717, 1.165) is 45.6 Å². The topological polar surface area (TPSA) is 35.6 Å². The molecule has 1 N–H and O–H groups in total. The Kier molecular flexibility index (Phi) is 4.98. The number of hydrogen-bond donors (Lipinski definition) is 1. The largest absolute Gasteiger partial charge is 0.323 e. The number of nitrogens with zero attached hydrogens (tertiary/aromatic N) is 2. The van der Waals surface area contributed by atoms with Crippen molar-refractivity contribution in [2.24, 2.45) is 0 Å². The summed E-state index contributed by atoms with van der Waals surface area (Å²) in [5, 5.41) is 3.62. The Morgan fingerprint density at radius 2 is 1.62 bits per heavy atom. The van der Waals surface area contributed by atoms with E-state index in [2.05, 4.69) is 45.4 Å². The van der Waals surface area contributed by atoms with Gasteiger partial charge >= 0.3 is 0 Å². The van der Waals surface area contributed by atoms with Crippen molar-refractivity contribution < 1.29 is 4.79 Å². The lowest BCUT2D eigenvalue weighted by atomic mass is 10.1. The number of para-hydroxylation sites is 1. The van der Waals surface area contributed by atoms with Crippen LogP contribution in [0.4, 0.5) is 5.69 Å². The van der Waals surface area contributed by atoms with Gasteiger partial charge in [0.25, 0.3) is 0 Å². The molecule has 1 aliphatic heterocycles. The number of halogens is 1. The van der Waals surface area contributed by atoms with Gasteiger partial charge in [0.05, 0.1) is 10.7 Å². The van der Waals surface area contributed by atoms with Crippen LogP contribution in [0.2, 0.25) is 5.02 Å². The van der Waals surface area contributed by atoms with Crippen molar-refractivity contribution >= 4 is 23.2 Å². The predicted molar refractivity (Wildman–Crippen MR) is 105 cm³/mol. The molecule has 2 aromatic rings. The van der Waals surface area contributed by atoms with Crippen LogP contribution in [0, 0.1) is 0 Å². The normalized spacial score (nSPS) is 19.9. The van der Waals surface area contributed by atoms with Gasteiger partial charge in [0, 0.05) is 32.7 Å². The summed E-state index contributed by atoms with van der Waals surface area (Å²) >= 11 is 6.19. The number of rotatable bonds is 5. The average molecular weight is 370 g/mol. The molecule has 0 spiro atoms. The van der Waals surface area contributed by atoms with Crippen LogP contribution in [0.1, 0.15) is 18.4 Å². The lowest BCUT2D eigenvalue weighted by Crippen LogP contribution is -2.55. The third-order valence-electron chi connectivity index (χ3n) is 5.49. The molecule has 2 aliphatic rings. The molecule has 0 aromatic heterocycles. The highest BCUT2D eigenvalue weighted by atomic mass is 35.5. The standard InChI is InChI=1S/C21H24ClN3O/c22-18-8-4-5-9-19(18)23-20(26)21(10-11-21)25-14-12-24(13-15-25)16-17-6-2-1-3-7-17/h1-9H,10-16H2,(H,23,26). The Morgan fingerprint density at radius 3 is 2.27 bits per heavy atom. The highest BCUT2D eigenvalue weighted by Gasteiger charge is 2.54.